The van der Waals surface area contributed by atoms with E-state index in [-0.39, 0.29) is 5.95 Å². The molecule has 1 unspecified atom stereocenters. The molecule has 7 nitrogen and oxygen atoms in total. The van der Waals surface area contributed by atoms with E-state index in [0.717, 1.165) is 31.7 Å². The van der Waals surface area contributed by atoms with Gasteiger partial charge in [0.25, 0.3) is 0 Å². The number of hydrogen-bond acceptors (Lipinski definition) is 7. The average Bonchev–Trinajstić information content (AvgIpc) is 2.99. The highest BCUT2D eigenvalue weighted by molar-refractivity contribution is 5.54. The molecule has 24 heavy (non-hydrogen) atoms. The summed E-state index contributed by atoms with van der Waals surface area (Å²) in [5.74, 6) is 1.34. The smallest absolute Gasteiger partial charge is 0.232 e. The van der Waals surface area contributed by atoms with E-state index in [4.69, 9.17) is 10.5 Å². The first-order valence-corrected chi connectivity index (χ1v) is 8.23. The Kier molecular flexibility index (Phi) is 5.22. The minimum Gasteiger partial charge on any atom is -0.377 e. The van der Waals surface area contributed by atoms with Gasteiger partial charge in [-0.3, -0.25) is 4.90 Å². The van der Waals surface area contributed by atoms with Crippen LogP contribution in [-0.4, -0.2) is 46.2 Å². The molecule has 0 aliphatic carbocycles. The van der Waals surface area contributed by atoms with E-state index in [1.165, 1.54) is 5.56 Å². The summed E-state index contributed by atoms with van der Waals surface area (Å²) in [6.07, 6.45) is 2.56. The lowest BCUT2D eigenvalue weighted by Crippen LogP contribution is -2.29. The van der Waals surface area contributed by atoms with Gasteiger partial charge in [0, 0.05) is 18.8 Å². The van der Waals surface area contributed by atoms with Crippen LogP contribution in [0.4, 0.5) is 17.6 Å². The summed E-state index contributed by atoms with van der Waals surface area (Å²) in [4.78, 5) is 15.0. The van der Waals surface area contributed by atoms with E-state index in [1.807, 2.05) is 38.2 Å². The lowest BCUT2D eigenvalue weighted by atomic mass is 10.2. The molecular weight excluding hydrogens is 304 g/mol. The number of likely N-dealkylation sites (N-methyl/N-ethyl adjacent to an activating group) is 1. The zero-order valence-electron chi connectivity index (χ0n) is 14.2. The van der Waals surface area contributed by atoms with Crippen molar-refractivity contribution in [3.05, 3.63) is 35.7 Å². The number of hydrogen-bond donors (Lipinski definition) is 2. The summed E-state index contributed by atoms with van der Waals surface area (Å²) in [6.45, 7) is 4.38. The van der Waals surface area contributed by atoms with E-state index in [1.54, 1.807) is 0 Å². The van der Waals surface area contributed by atoms with Crippen molar-refractivity contribution in [3.8, 4) is 0 Å². The van der Waals surface area contributed by atoms with Crippen LogP contribution in [0, 0.1) is 6.92 Å². The molecule has 1 aliphatic rings. The van der Waals surface area contributed by atoms with Crippen LogP contribution in [0.15, 0.2) is 24.3 Å². The van der Waals surface area contributed by atoms with Crippen molar-refractivity contribution < 1.29 is 4.74 Å². The van der Waals surface area contributed by atoms with Crippen molar-refractivity contribution in [1.29, 1.82) is 0 Å². The summed E-state index contributed by atoms with van der Waals surface area (Å²) in [7, 11) is 2.04. The molecule has 0 radical (unpaired) electrons. The molecule has 0 spiro atoms. The van der Waals surface area contributed by atoms with Crippen LogP contribution in [-0.2, 0) is 11.3 Å². The fraction of sp³-hybridized carbons (Fsp3) is 0.471. The first-order valence-electron chi connectivity index (χ1n) is 8.23. The zero-order chi connectivity index (χ0) is 16.9. The second kappa shape index (κ2) is 7.55. The maximum Gasteiger partial charge on any atom is 0.232 e. The summed E-state index contributed by atoms with van der Waals surface area (Å²) in [5, 5.41) is 3.19. The van der Waals surface area contributed by atoms with Gasteiger partial charge in [-0.25, -0.2) is 0 Å². The van der Waals surface area contributed by atoms with Gasteiger partial charge in [-0.15, -0.1) is 0 Å². The molecule has 2 aromatic rings. The third-order valence-electron chi connectivity index (χ3n) is 3.92. The third-order valence-corrected chi connectivity index (χ3v) is 3.92. The Labute approximate surface area is 142 Å². The van der Waals surface area contributed by atoms with Crippen LogP contribution in [0.5, 0.6) is 0 Å². The van der Waals surface area contributed by atoms with Gasteiger partial charge in [0.15, 0.2) is 0 Å². The van der Waals surface area contributed by atoms with Crippen LogP contribution in [0.3, 0.4) is 0 Å². The molecule has 3 rings (SSSR count). The first kappa shape index (κ1) is 16.6. The lowest BCUT2D eigenvalue weighted by molar-refractivity contribution is 0.0786. The first-order chi connectivity index (χ1) is 11.6. The Bertz CT molecular complexity index is 687. The van der Waals surface area contributed by atoms with E-state index >= 15 is 0 Å². The molecule has 7 heteroatoms. The maximum atomic E-state index is 5.84. The monoisotopic (exact) mass is 328 g/mol. The molecule has 0 bridgehead atoms. The predicted molar refractivity (Wildman–Crippen MR) is 94.0 cm³/mol. The zero-order valence-corrected chi connectivity index (χ0v) is 14.2. The maximum absolute atomic E-state index is 5.84. The molecule has 1 aromatic carbocycles. The number of aryl methyl sites for hydroxylation is 1. The predicted octanol–water partition coefficient (Wildman–Crippen LogP) is 2.12. The molecule has 0 amide bonds. The second-order valence-electron chi connectivity index (χ2n) is 6.26. The standard InChI is InChI=1S/C17H24N6O/c1-12-5-3-6-13(9-12)19-17-21-15(20-16(18)22-17)11-23(2)10-14-7-4-8-24-14/h3,5-6,9,14H,4,7-8,10-11H2,1-2H3,(H3,18,19,20,21,22). The lowest BCUT2D eigenvalue weighted by Gasteiger charge is -2.19. The van der Waals surface area contributed by atoms with Gasteiger partial charge in [-0.05, 0) is 44.5 Å². The van der Waals surface area contributed by atoms with E-state index in [2.05, 4.69) is 25.2 Å². The van der Waals surface area contributed by atoms with Crippen molar-refractivity contribution in [2.75, 3.05) is 31.2 Å². The molecule has 3 N–H and O–H groups in total. The van der Waals surface area contributed by atoms with Crippen LogP contribution in [0.25, 0.3) is 0 Å². The van der Waals surface area contributed by atoms with Gasteiger partial charge in [0.1, 0.15) is 5.82 Å². The van der Waals surface area contributed by atoms with Crippen LogP contribution in [0.1, 0.15) is 24.2 Å². The normalized spacial score (nSPS) is 17.4. The molecule has 2 heterocycles. The van der Waals surface area contributed by atoms with Gasteiger partial charge in [0.2, 0.25) is 11.9 Å². The van der Waals surface area contributed by atoms with Gasteiger partial charge in [-0.1, -0.05) is 12.1 Å². The molecule has 128 valence electrons. The summed E-state index contributed by atoms with van der Waals surface area (Å²) in [6, 6.07) is 8.02. The minimum atomic E-state index is 0.223. The quantitative estimate of drug-likeness (QED) is 0.839. The highest BCUT2D eigenvalue weighted by Crippen LogP contribution is 2.16. The number of nitrogens with zero attached hydrogens (tertiary/aromatic N) is 4. The van der Waals surface area contributed by atoms with Crippen LogP contribution >= 0.6 is 0 Å². The number of benzene rings is 1. The van der Waals surface area contributed by atoms with Crippen LogP contribution < -0.4 is 11.1 Å². The Morgan fingerprint density at radius 1 is 1.33 bits per heavy atom. The van der Waals surface area contributed by atoms with Gasteiger partial charge < -0.3 is 15.8 Å². The topological polar surface area (TPSA) is 89.2 Å². The number of nitrogens with one attached hydrogen (secondary N) is 1. The van der Waals surface area contributed by atoms with E-state index in [9.17, 15) is 0 Å². The third kappa shape index (κ3) is 4.62. The van der Waals surface area contributed by atoms with Crippen molar-refractivity contribution >= 4 is 17.6 Å². The van der Waals surface area contributed by atoms with E-state index in [0.29, 0.717) is 24.4 Å². The summed E-state index contributed by atoms with van der Waals surface area (Å²) in [5.41, 5.74) is 7.93. The number of aromatic nitrogens is 3. The number of rotatable bonds is 6. The van der Waals surface area contributed by atoms with Crippen molar-refractivity contribution in [3.63, 3.8) is 0 Å². The fourth-order valence-corrected chi connectivity index (χ4v) is 2.86. The molecule has 1 saturated heterocycles. The Hall–Kier alpha value is -2.25. The molecule has 1 fully saturated rings. The second-order valence-corrected chi connectivity index (χ2v) is 6.26. The van der Waals surface area contributed by atoms with Gasteiger partial charge in [0.05, 0.1) is 12.6 Å². The minimum absolute atomic E-state index is 0.223. The van der Waals surface area contributed by atoms with Gasteiger partial charge >= 0.3 is 0 Å². The fourth-order valence-electron chi connectivity index (χ4n) is 2.86. The average molecular weight is 328 g/mol. The van der Waals surface area contributed by atoms with E-state index < -0.39 is 0 Å². The Balaban J connectivity index is 1.66. The molecule has 1 aromatic heterocycles. The Morgan fingerprint density at radius 3 is 2.96 bits per heavy atom. The summed E-state index contributed by atoms with van der Waals surface area (Å²) < 4.78 is 5.67. The van der Waals surface area contributed by atoms with Crippen LogP contribution in [0.2, 0.25) is 0 Å². The SMILES string of the molecule is Cc1cccc(Nc2nc(N)nc(CN(C)CC3CCCO3)n2)c1. The molecule has 0 saturated carbocycles. The Morgan fingerprint density at radius 2 is 2.21 bits per heavy atom. The largest absolute Gasteiger partial charge is 0.377 e. The molecule has 1 aliphatic heterocycles. The number of ether oxygens (including phenoxy) is 1. The number of nitrogen functional groups attached to an aromatic ring is 1. The van der Waals surface area contributed by atoms with Crippen molar-refractivity contribution in [1.82, 2.24) is 19.9 Å². The summed E-state index contributed by atoms with van der Waals surface area (Å²) >= 11 is 0. The highest BCUT2D eigenvalue weighted by atomic mass is 16.5. The molecule has 1 atom stereocenters. The number of nitrogens with two attached hydrogens (primary N) is 1. The number of anilines is 3. The van der Waals surface area contributed by atoms with Gasteiger partial charge in [-0.2, -0.15) is 15.0 Å². The van der Waals surface area contributed by atoms with Crippen molar-refractivity contribution in [2.24, 2.45) is 0 Å². The van der Waals surface area contributed by atoms with Crippen molar-refractivity contribution in [2.45, 2.75) is 32.4 Å². The molecular formula is C17H24N6O. The highest BCUT2D eigenvalue weighted by Gasteiger charge is 2.18.